The molecule has 0 bridgehead atoms. The minimum Gasteiger partial charge on any atom is -0.348 e. The van der Waals surface area contributed by atoms with Crippen LogP contribution in [0.1, 0.15) is 45.3 Å². The lowest BCUT2D eigenvalue weighted by atomic mass is 9.86. The molecule has 3 rings (SSSR count). The molecule has 1 heterocycles. The Bertz CT molecular complexity index is 873. The predicted molar refractivity (Wildman–Crippen MR) is 91.5 cm³/mol. The van der Waals surface area contributed by atoms with Crippen LogP contribution >= 0.6 is 11.6 Å². The van der Waals surface area contributed by atoms with E-state index in [1.165, 1.54) is 6.07 Å². The highest BCUT2D eigenvalue weighted by Crippen LogP contribution is 2.23. The van der Waals surface area contributed by atoms with Gasteiger partial charge in [-0.3, -0.25) is 14.4 Å². The van der Waals surface area contributed by atoms with Crippen LogP contribution in [0.2, 0.25) is 5.02 Å². The Kier molecular flexibility index (Phi) is 4.53. The molecule has 0 saturated carbocycles. The number of ketones is 1. The van der Waals surface area contributed by atoms with Crippen molar-refractivity contribution in [2.45, 2.75) is 26.3 Å². The monoisotopic (exact) mass is 344 g/mol. The summed E-state index contributed by atoms with van der Waals surface area (Å²) in [5, 5.41) is 3.26. The number of hydrogen-bond donors (Lipinski definition) is 2. The van der Waals surface area contributed by atoms with Gasteiger partial charge in [-0.15, -0.1) is 0 Å². The van der Waals surface area contributed by atoms with Crippen LogP contribution in [0.5, 0.6) is 0 Å². The molecule has 0 saturated heterocycles. The fourth-order valence-corrected chi connectivity index (χ4v) is 3.13. The highest BCUT2D eigenvalue weighted by Gasteiger charge is 2.25. The van der Waals surface area contributed by atoms with Gasteiger partial charge in [0.15, 0.2) is 5.78 Å². The molecule has 2 aromatic rings. The molecule has 0 spiro atoms. The molecule has 1 aromatic carbocycles. The third-order valence-corrected chi connectivity index (χ3v) is 4.33. The van der Waals surface area contributed by atoms with Crippen LogP contribution in [0, 0.1) is 5.92 Å². The van der Waals surface area contributed by atoms with E-state index in [9.17, 15) is 14.4 Å². The number of carbonyl (C=O) groups is 2. The maximum absolute atomic E-state index is 12.3. The second kappa shape index (κ2) is 6.61. The molecule has 1 aliphatic carbocycles. The number of carbonyl (C=O) groups excluding carboxylic acids is 2. The molecule has 0 radical (unpaired) electrons. The normalized spacial score (nSPS) is 16.6. The number of fused-ring (bicyclic) bond motifs is 1. The van der Waals surface area contributed by atoms with Crippen molar-refractivity contribution in [3.63, 3.8) is 0 Å². The Morgan fingerprint density at radius 2 is 2.08 bits per heavy atom. The molecule has 1 unspecified atom stereocenters. The second-order valence-electron chi connectivity index (χ2n) is 6.15. The minimum atomic E-state index is -0.509. The zero-order valence-electron chi connectivity index (χ0n) is 13.2. The first-order chi connectivity index (χ1) is 11.4. The average Bonchev–Trinajstić information content (AvgIpc) is 2.52. The first-order valence-electron chi connectivity index (χ1n) is 7.76. The Balaban J connectivity index is 1.81. The van der Waals surface area contributed by atoms with Crippen molar-refractivity contribution in [3.05, 3.63) is 68.1 Å². The van der Waals surface area contributed by atoms with E-state index in [4.69, 9.17) is 11.6 Å². The highest BCUT2D eigenvalue weighted by atomic mass is 35.5. The van der Waals surface area contributed by atoms with Crippen LogP contribution in [0.4, 0.5) is 0 Å². The van der Waals surface area contributed by atoms with Gasteiger partial charge in [-0.05, 0) is 36.1 Å². The van der Waals surface area contributed by atoms with E-state index in [0.29, 0.717) is 29.1 Å². The van der Waals surface area contributed by atoms with E-state index in [-0.39, 0.29) is 23.8 Å². The number of benzene rings is 1. The lowest BCUT2D eigenvalue weighted by Gasteiger charge is -2.20. The highest BCUT2D eigenvalue weighted by molar-refractivity contribution is 6.30. The van der Waals surface area contributed by atoms with Crippen molar-refractivity contribution in [1.82, 2.24) is 10.3 Å². The summed E-state index contributed by atoms with van der Waals surface area (Å²) in [7, 11) is 0. The molecular formula is C18H17ClN2O3. The number of halogens is 1. The first-order valence-corrected chi connectivity index (χ1v) is 8.14. The molecule has 5 nitrogen and oxygen atoms in total. The third kappa shape index (κ3) is 3.41. The first kappa shape index (κ1) is 16.5. The Labute approximate surface area is 144 Å². The maximum Gasteiger partial charge on any atom is 0.261 e. The van der Waals surface area contributed by atoms with Gasteiger partial charge >= 0.3 is 0 Å². The molecule has 0 fully saturated rings. The molecule has 1 aliphatic rings. The molecule has 1 atom stereocenters. The van der Waals surface area contributed by atoms with Crippen molar-refractivity contribution in [2.24, 2.45) is 5.92 Å². The largest absolute Gasteiger partial charge is 0.348 e. The summed E-state index contributed by atoms with van der Waals surface area (Å²) in [5.74, 6) is -0.350. The summed E-state index contributed by atoms with van der Waals surface area (Å²) in [6.45, 7) is 2.21. The molecule has 0 aliphatic heterocycles. The number of hydrogen-bond acceptors (Lipinski definition) is 3. The van der Waals surface area contributed by atoms with Crippen molar-refractivity contribution < 1.29 is 9.59 Å². The van der Waals surface area contributed by atoms with Gasteiger partial charge in [0.1, 0.15) is 5.56 Å². The zero-order chi connectivity index (χ0) is 17.3. The summed E-state index contributed by atoms with van der Waals surface area (Å²) in [6, 6.07) is 8.51. The molecule has 1 amide bonds. The van der Waals surface area contributed by atoms with Gasteiger partial charge in [-0.1, -0.05) is 30.7 Å². The number of aromatic amines is 1. The molecule has 1 aromatic heterocycles. The summed E-state index contributed by atoms with van der Waals surface area (Å²) in [4.78, 5) is 39.3. The van der Waals surface area contributed by atoms with E-state index < -0.39 is 11.5 Å². The standard InChI is InChI=1S/C18H17ClN2O3/c1-10-5-15-13(16(22)6-10)8-14(18(24)21-15)17(23)20-9-11-3-2-4-12(19)7-11/h2-4,7-8,10H,5-6,9H2,1H3,(H,20,23)(H,21,24). The van der Waals surface area contributed by atoms with Gasteiger partial charge in [0.2, 0.25) is 0 Å². The van der Waals surface area contributed by atoms with Crippen molar-refractivity contribution in [1.29, 1.82) is 0 Å². The lowest BCUT2D eigenvalue weighted by molar-refractivity contribution is 0.0949. The van der Waals surface area contributed by atoms with Gasteiger partial charge < -0.3 is 10.3 Å². The number of nitrogens with one attached hydrogen (secondary N) is 2. The van der Waals surface area contributed by atoms with Crippen LogP contribution in [0.15, 0.2) is 35.1 Å². The Morgan fingerprint density at radius 1 is 1.29 bits per heavy atom. The Morgan fingerprint density at radius 3 is 2.83 bits per heavy atom. The summed E-state index contributed by atoms with van der Waals surface area (Å²) >= 11 is 5.90. The smallest absolute Gasteiger partial charge is 0.261 e. The van der Waals surface area contributed by atoms with E-state index in [2.05, 4.69) is 10.3 Å². The van der Waals surface area contributed by atoms with Crippen LogP contribution in [0.3, 0.4) is 0 Å². The van der Waals surface area contributed by atoms with Crippen molar-refractivity contribution in [2.75, 3.05) is 0 Å². The van der Waals surface area contributed by atoms with Crippen LogP contribution in [-0.2, 0) is 13.0 Å². The maximum atomic E-state index is 12.3. The number of H-pyrrole nitrogens is 1. The van der Waals surface area contributed by atoms with Gasteiger partial charge in [0.05, 0.1) is 0 Å². The van der Waals surface area contributed by atoms with Gasteiger partial charge in [-0.2, -0.15) is 0 Å². The van der Waals surface area contributed by atoms with E-state index in [1.807, 2.05) is 13.0 Å². The molecule has 24 heavy (non-hydrogen) atoms. The van der Waals surface area contributed by atoms with Gasteiger partial charge in [-0.25, -0.2) is 0 Å². The van der Waals surface area contributed by atoms with Gasteiger partial charge in [0.25, 0.3) is 11.5 Å². The van der Waals surface area contributed by atoms with Crippen LogP contribution in [-0.4, -0.2) is 16.7 Å². The number of amides is 1. The zero-order valence-corrected chi connectivity index (χ0v) is 13.9. The van der Waals surface area contributed by atoms with Crippen LogP contribution < -0.4 is 10.9 Å². The van der Waals surface area contributed by atoms with E-state index in [0.717, 1.165) is 5.56 Å². The molecule has 6 heteroatoms. The number of rotatable bonds is 3. The molecular weight excluding hydrogens is 328 g/mol. The summed E-state index contributed by atoms with van der Waals surface area (Å²) in [6.07, 6.45) is 1.07. The van der Waals surface area contributed by atoms with Gasteiger partial charge in [0, 0.05) is 29.2 Å². The molecule has 2 N–H and O–H groups in total. The summed E-state index contributed by atoms with van der Waals surface area (Å²) < 4.78 is 0. The van der Waals surface area contributed by atoms with Crippen molar-refractivity contribution in [3.8, 4) is 0 Å². The fourth-order valence-electron chi connectivity index (χ4n) is 2.92. The van der Waals surface area contributed by atoms with E-state index >= 15 is 0 Å². The third-order valence-electron chi connectivity index (χ3n) is 4.10. The molecule has 124 valence electrons. The predicted octanol–water partition coefficient (Wildman–Crippen LogP) is 2.72. The number of aromatic nitrogens is 1. The number of pyridine rings is 1. The Hall–Kier alpha value is -2.40. The van der Waals surface area contributed by atoms with Crippen LogP contribution in [0.25, 0.3) is 0 Å². The number of Topliss-reactive ketones (excluding diaryl/α,β-unsaturated/α-hetero) is 1. The van der Waals surface area contributed by atoms with E-state index in [1.54, 1.807) is 18.2 Å². The van der Waals surface area contributed by atoms with Crippen molar-refractivity contribution >= 4 is 23.3 Å². The minimum absolute atomic E-state index is 0.0381. The topological polar surface area (TPSA) is 79.0 Å². The summed E-state index contributed by atoms with van der Waals surface area (Å²) in [5.41, 5.74) is 1.38. The quantitative estimate of drug-likeness (QED) is 0.898. The lowest BCUT2D eigenvalue weighted by Crippen LogP contribution is -2.32. The fraction of sp³-hybridized carbons (Fsp3) is 0.278. The second-order valence-corrected chi connectivity index (χ2v) is 6.59. The SMILES string of the molecule is CC1CC(=O)c2cc(C(=O)NCc3cccc(Cl)c3)c(=O)[nH]c2C1. The average molecular weight is 345 g/mol.